The molecule has 1 aliphatic heterocycles. The van der Waals surface area contributed by atoms with Crippen molar-refractivity contribution in [3.8, 4) is 5.75 Å². The highest BCUT2D eigenvalue weighted by molar-refractivity contribution is 5.89. The molecule has 2 rings (SSSR count). The van der Waals surface area contributed by atoms with Crippen molar-refractivity contribution in [3.05, 3.63) is 29.8 Å². The molecule has 0 aliphatic carbocycles. The molecule has 1 unspecified atom stereocenters. The molecule has 0 saturated carbocycles. The third-order valence-electron chi connectivity index (χ3n) is 4.67. The third-order valence-corrected chi connectivity index (χ3v) is 4.67. The number of nitrogens with zero attached hydrogens (tertiary/aromatic N) is 3. The fourth-order valence-corrected chi connectivity index (χ4v) is 3.17. The average molecular weight is 361 g/mol. The number of piperazine rings is 1. The Morgan fingerprint density at radius 3 is 2.50 bits per heavy atom. The van der Waals surface area contributed by atoms with E-state index in [1.165, 1.54) is 11.8 Å². The molecular formula is C19H27N3O4. The summed E-state index contributed by atoms with van der Waals surface area (Å²) >= 11 is 0. The van der Waals surface area contributed by atoms with Gasteiger partial charge in [0.05, 0.1) is 13.7 Å². The Morgan fingerprint density at radius 2 is 1.88 bits per heavy atom. The maximum atomic E-state index is 12.8. The lowest BCUT2D eigenvalue weighted by Gasteiger charge is -2.41. The van der Waals surface area contributed by atoms with Gasteiger partial charge in [0.25, 0.3) is 0 Å². The van der Waals surface area contributed by atoms with Crippen LogP contribution in [0.15, 0.2) is 24.3 Å². The van der Waals surface area contributed by atoms with E-state index < -0.39 is 6.04 Å². The van der Waals surface area contributed by atoms with Crippen LogP contribution >= 0.6 is 0 Å². The van der Waals surface area contributed by atoms with Crippen LogP contribution < -0.4 is 4.74 Å². The third kappa shape index (κ3) is 4.53. The van der Waals surface area contributed by atoms with Crippen LogP contribution in [0.4, 0.5) is 0 Å². The molecule has 3 amide bonds. The summed E-state index contributed by atoms with van der Waals surface area (Å²) in [6.07, 6.45) is 0.830. The number of hydrogen-bond donors (Lipinski definition) is 0. The van der Waals surface area contributed by atoms with Gasteiger partial charge in [-0.3, -0.25) is 14.4 Å². The smallest absolute Gasteiger partial charge is 0.246 e. The normalized spacial score (nSPS) is 17.0. The molecule has 0 radical (unpaired) electrons. The number of amides is 3. The number of rotatable bonds is 5. The van der Waals surface area contributed by atoms with Gasteiger partial charge in [0.15, 0.2) is 0 Å². The molecular weight excluding hydrogens is 334 g/mol. The molecule has 7 heteroatoms. The Balaban J connectivity index is 2.09. The van der Waals surface area contributed by atoms with Crippen LogP contribution in [0.25, 0.3) is 0 Å². The van der Waals surface area contributed by atoms with Gasteiger partial charge in [-0.2, -0.15) is 0 Å². The monoisotopic (exact) mass is 361 g/mol. The lowest BCUT2D eigenvalue weighted by Crippen LogP contribution is -2.61. The predicted octanol–water partition coefficient (Wildman–Crippen LogP) is 0.775. The molecule has 26 heavy (non-hydrogen) atoms. The molecule has 1 aromatic rings. The summed E-state index contributed by atoms with van der Waals surface area (Å²) in [6.45, 7) is 2.55. The quantitative estimate of drug-likeness (QED) is 0.777. The Kier molecular flexibility index (Phi) is 6.60. The first kappa shape index (κ1) is 19.8. The summed E-state index contributed by atoms with van der Waals surface area (Å²) in [5.41, 5.74) is 0.959. The van der Waals surface area contributed by atoms with Crippen molar-refractivity contribution in [2.24, 2.45) is 0 Å². The molecule has 1 aliphatic rings. The lowest BCUT2D eigenvalue weighted by atomic mass is 10.1. The SMILES string of the molecule is COc1ccccc1CCC(=O)N1CCN(C(C)=O)CC1C(=O)N(C)C. The van der Waals surface area contributed by atoms with Crippen LogP contribution in [0.5, 0.6) is 5.75 Å². The zero-order valence-corrected chi connectivity index (χ0v) is 15.9. The van der Waals surface area contributed by atoms with Crippen LogP contribution in [0.2, 0.25) is 0 Å². The Hall–Kier alpha value is -2.57. The number of para-hydroxylation sites is 1. The van der Waals surface area contributed by atoms with Crippen molar-refractivity contribution >= 4 is 17.7 Å². The Bertz CT molecular complexity index is 675. The highest BCUT2D eigenvalue weighted by Crippen LogP contribution is 2.20. The van der Waals surface area contributed by atoms with Gasteiger partial charge >= 0.3 is 0 Å². The minimum atomic E-state index is -0.632. The zero-order chi connectivity index (χ0) is 19.3. The first-order valence-corrected chi connectivity index (χ1v) is 8.73. The van der Waals surface area contributed by atoms with E-state index >= 15 is 0 Å². The molecule has 1 saturated heterocycles. The van der Waals surface area contributed by atoms with Gasteiger partial charge in [-0.15, -0.1) is 0 Å². The number of carbonyl (C=O) groups excluding carboxylic acids is 3. The molecule has 1 heterocycles. The van der Waals surface area contributed by atoms with E-state index in [-0.39, 0.29) is 30.7 Å². The van der Waals surface area contributed by atoms with E-state index in [0.717, 1.165) is 11.3 Å². The summed E-state index contributed by atoms with van der Waals surface area (Å²) in [7, 11) is 4.92. The van der Waals surface area contributed by atoms with Crippen LogP contribution in [0.1, 0.15) is 18.9 Å². The van der Waals surface area contributed by atoms with E-state index in [2.05, 4.69) is 0 Å². The fraction of sp³-hybridized carbons (Fsp3) is 0.526. The maximum Gasteiger partial charge on any atom is 0.246 e. The summed E-state index contributed by atoms with van der Waals surface area (Å²) in [6, 6.07) is 6.96. The second kappa shape index (κ2) is 8.69. The average Bonchev–Trinajstić information content (AvgIpc) is 2.64. The molecule has 0 spiro atoms. The van der Waals surface area contributed by atoms with Gasteiger partial charge in [-0.1, -0.05) is 18.2 Å². The van der Waals surface area contributed by atoms with Crippen LogP contribution in [0, 0.1) is 0 Å². The Morgan fingerprint density at radius 1 is 1.19 bits per heavy atom. The van der Waals surface area contributed by atoms with Gasteiger partial charge in [0.2, 0.25) is 17.7 Å². The van der Waals surface area contributed by atoms with E-state index in [1.54, 1.807) is 31.0 Å². The first-order chi connectivity index (χ1) is 12.3. The first-order valence-electron chi connectivity index (χ1n) is 8.73. The molecule has 0 bridgehead atoms. The largest absolute Gasteiger partial charge is 0.496 e. The number of benzene rings is 1. The minimum absolute atomic E-state index is 0.0809. The maximum absolute atomic E-state index is 12.8. The molecule has 0 aromatic heterocycles. The summed E-state index contributed by atoms with van der Waals surface area (Å²) in [5.74, 6) is 0.422. The van der Waals surface area contributed by atoms with Gasteiger partial charge in [0.1, 0.15) is 11.8 Å². The van der Waals surface area contributed by atoms with E-state index in [9.17, 15) is 14.4 Å². The number of ether oxygens (including phenoxy) is 1. The van der Waals surface area contributed by atoms with E-state index in [0.29, 0.717) is 19.5 Å². The van der Waals surface area contributed by atoms with Crippen molar-refractivity contribution < 1.29 is 19.1 Å². The second-order valence-electron chi connectivity index (χ2n) is 6.61. The summed E-state index contributed by atoms with van der Waals surface area (Å²) in [5, 5.41) is 0. The lowest BCUT2D eigenvalue weighted by molar-refractivity contribution is -0.151. The van der Waals surface area contributed by atoms with Crippen molar-refractivity contribution in [1.29, 1.82) is 0 Å². The standard InChI is InChI=1S/C19H27N3O4/c1-14(23)21-11-12-22(16(13-21)19(25)20(2)3)18(24)10-9-15-7-5-6-8-17(15)26-4/h5-8,16H,9-13H2,1-4H3. The number of likely N-dealkylation sites (N-methyl/N-ethyl adjacent to an activating group) is 1. The summed E-state index contributed by atoms with van der Waals surface area (Å²) in [4.78, 5) is 41.7. The van der Waals surface area contributed by atoms with Crippen molar-refractivity contribution in [3.63, 3.8) is 0 Å². The number of methoxy groups -OCH3 is 1. The zero-order valence-electron chi connectivity index (χ0n) is 15.9. The van der Waals surface area contributed by atoms with E-state index in [1.807, 2.05) is 24.3 Å². The molecule has 0 N–H and O–H groups in total. The van der Waals surface area contributed by atoms with E-state index in [4.69, 9.17) is 4.74 Å². The van der Waals surface area contributed by atoms with Gasteiger partial charge in [0, 0.05) is 40.5 Å². The molecule has 142 valence electrons. The topological polar surface area (TPSA) is 70.2 Å². The molecule has 1 atom stereocenters. The highest BCUT2D eigenvalue weighted by atomic mass is 16.5. The minimum Gasteiger partial charge on any atom is -0.496 e. The molecule has 1 fully saturated rings. The van der Waals surface area contributed by atoms with Gasteiger partial charge < -0.3 is 19.4 Å². The Labute approximate surface area is 154 Å². The summed E-state index contributed by atoms with van der Waals surface area (Å²) < 4.78 is 5.32. The number of carbonyl (C=O) groups is 3. The van der Waals surface area contributed by atoms with Crippen molar-refractivity contribution in [1.82, 2.24) is 14.7 Å². The number of hydrogen-bond acceptors (Lipinski definition) is 4. The molecule has 1 aromatic carbocycles. The fourth-order valence-electron chi connectivity index (χ4n) is 3.17. The van der Waals surface area contributed by atoms with Crippen molar-refractivity contribution in [2.75, 3.05) is 40.8 Å². The van der Waals surface area contributed by atoms with Crippen LogP contribution in [-0.4, -0.2) is 79.3 Å². The van der Waals surface area contributed by atoms with Gasteiger partial charge in [-0.25, -0.2) is 0 Å². The number of aryl methyl sites for hydroxylation is 1. The second-order valence-corrected chi connectivity index (χ2v) is 6.61. The van der Waals surface area contributed by atoms with Gasteiger partial charge in [-0.05, 0) is 18.1 Å². The molecule has 7 nitrogen and oxygen atoms in total. The van der Waals surface area contributed by atoms with Crippen LogP contribution in [-0.2, 0) is 20.8 Å². The van der Waals surface area contributed by atoms with Crippen LogP contribution in [0.3, 0.4) is 0 Å². The highest BCUT2D eigenvalue weighted by Gasteiger charge is 2.36. The van der Waals surface area contributed by atoms with Crippen molar-refractivity contribution in [2.45, 2.75) is 25.8 Å². The predicted molar refractivity (Wildman–Crippen MR) is 97.8 cm³/mol.